The van der Waals surface area contributed by atoms with Crippen LogP contribution in [0, 0.1) is 0 Å². The molecule has 1 aromatic rings. The van der Waals surface area contributed by atoms with Gasteiger partial charge in [-0.25, -0.2) is 4.98 Å². The van der Waals surface area contributed by atoms with Crippen LogP contribution in [0.15, 0.2) is 12.5 Å². The Bertz CT molecular complexity index is 222. The average Bonchev–Trinajstić information content (AvgIpc) is 2.11. The van der Waals surface area contributed by atoms with Crippen molar-refractivity contribution in [1.29, 1.82) is 0 Å². The van der Waals surface area contributed by atoms with Gasteiger partial charge >= 0.3 is 0 Å². The summed E-state index contributed by atoms with van der Waals surface area (Å²) in [5, 5.41) is 9.50. The number of nitrogens with zero attached hydrogens (tertiary/aromatic N) is 2. The molecule has 0 saturated heterocycles. The summed E-state index contributed by atoms with van der Waals surface area (Å²) in [5.41, 5.74) is 0.0399. The third-order valence-corrected chi connectivity index (χ3v) is 1.44. The molecule has 0 fully saturated rings. The molecule has 1 rings (SSSR count). The summed E-state index contributed by atoms with van der Waals surface area (Å²) in [6.07, 6.45) is 3.34. The summed E-state index contributed by atoms with van der Waals surface area (Å²) in [6.45, 7) is 3.48. The lowest BCUT2D eigenvalue weighted by Crippen LogP contribution is -2.18. The first-order valence-corrected chi connectivity index (χ1v) is 3.21. The van der Waals surface area contributed by atoms with Crippen LogP contribution in [0.25, 0.3) is 0 Å². The molecule has 1 heterocycles. The van der Waals surface area contributed by atoms with Gasteiger partial charge < -0.3 is 9.67 Å². The first kappa shape index (κ1) is 7.28. The molecule has 0 aliphatic heterocycles. The second-order valence-corrected chi connectivity index (χ2v) is 2.95. The maximum atomic E-state index is 9.50. The lowest BCUT2D eigenvalue weighted by molar-refractivity contribution is 0.0707. The molecule has 1 N–H and O–H groups in total. The number of hydrogen-bond donors (Lipinski definition) is 1. The third kappa shape index (κ3) is 1.19. The highest BCUT2D eigenvalue weighted by atomic mass is 16.3. The highest BCUT2D eigenvalue weighted by Gasteiger charge is 2.18. The van der Waals surface area contributed by atoms with Crippen LogP contribution in [0.4, 0.5) is 0 Å². The number of imidazole rings is 1. The highest BCUT2D eigenvalue weighted by molar-refractivity contribution is 5.06. The van der Waals surface area contributed by atoms with Gasteiger partial charge in [-0.1, -0.05) is 0 Å². The fourth-order valence-corrected chi connectivity index (χ4v) is 0.947. The van der Waals surface area contributed by atoms with Crippen molar-refractivity contribution in [2.24, 2.45) is 7.05 Å². The zero-order valence-corrected chi connectivity index (χ0v) is 6.50. The molecule has 3 heteroatoms. The van der Waals surface area contributed by atoms with Crippen LogP contribution in [-0.4, -0.2) is 14.7 Å². The normalized spacial score (nSPS) is 12.0. The van der Waals surface area contributed by atoms with E-state index in [1.807, 2.05) is 7.05 Å². The Balaban J connectivity index is 3.05. The Morgan fingerprint density at radius 3 is 2.40 bits per heavy atom. The van der Waals surface area contributed by atoms with Crippen LogP contribution >= 0.6 is 0 Å². The standard InChI is InChI=1S/C7H12N2O/c1-7(2,10)6-4-8-5-9(6)3/h4-5,10H,1-3H3. The van der Waals surface area contributed by atoms with Gasteiger partial charge in [0.05, 0.1) is 18.2 Å². The van der Waals surface area contributed by atoms with E-state index in [2.05, 4.69) is 4.98 Å². The lowest BCUT2D eigenvalue weighted by atomic mass is 10.1. The van der Waals surface area contributed by atoms with Crippen molar-refractivity contribution in [3.63, 3.8) is 0 Å². The SMILES string of the molecule is Cn1cncc1C(C)(C)O. The molecular weight excluding hydrogens is 128 g/mol. The average molecular weight is 140 g/mol. The van der Waals surface area contributed by atoms with Gasteiger partial charge in [0.2, 0.25) is 0 Å². The summed E-state index contributed by atoms with van der Waals surface area (Å²) in [6, 6.07) is 0. The Kier molecular flexibility index (Phi) is 1.52. The van der Waals surface area contributed by atoms with Crippen molar-refractivity contribution in [3.05, 3.63) is 18.2 Å². The van der Waals surface area contributed by atoms with Gasteiger partial charge in [0.1, 0.15) is 5.60 Å². The lowest BCUT2D eigenvalue weighted by Gasteiger charge is -2.16. The molecule has 0 amide bonds. The van der Waals surface area contributed by atoms with Gasteiger partial charge in [0.25, 0.3) is 0 Å². The number of aliphatic hydroxyl groups is 1. The second kappa shape index (κ2) is 2.09. The van der Waals surface area contributed by atoms with E-state index in [0.29, 0.717) is 0 Å². The van der Waals surface area contributed by atoms with Crippen LogP contribution in [0.5, 0.6) is 0 Å². The van der Waals surface area contributed by atoms with Crippen molar-refractivity contribution in [2.75, 3.05) is 0 Å². The Morgan fingerprint density at radius 2 is 2.20 bits per heavy atom. The molecule has 0 aliphatic rings. The van der Waals surface area contributed by atoms with Gasteiger partial charge in [0, 0.05) is 7.05 Å². The van der Waals surface area contributed by atoms with Crippen molar-refractivity contribution >= 4 is 0 Å². The Labute approximate surface area is 60.3 Å². The topological polar surface area (TPSA) is 38.0 Å². The van der Waals surface area contributed by atoms with E-state index >= 15 is 0 Å². The van der Waals surface area contributed by atoms with E-state index in [1.54, 1.807) is 30.9 Å². The van der Waals surface area contributed by atoms with E-state index in [9.17, 15) is 5.11 Å². The first-order chi connectivity index (χ1) is 4.52. The molecule has 0 bridgehead atoms. The summed E-state index contributed by atoms with van der Waals surface area (Å²) in [5.74, 6) is 0. The van der Waals surface area contributed by atoms with Crippen molar-refractivity contribution < 1.29 is 5.11 Å². The van der Waals surface area contributed by atoms with E-state index in [1.165, 1.54) is 0 Å². The third-order valence-electron chi connectivity index (χ3n) is 1.44. The smallest absolute Gasteiger partial charge is 0.100 e. The molecular formula is C7H12N2O. The Morgan fingerprint density at radius 1 is 1.60 bits per heavy atom. The van der Waals surface area contributed by atoms with Gasteiger partial charge in [-0.3, -0.25) is 0 Å². The van der Waals surface area contributed by atoms with E-state index in [4.69, 9.17) is 0 Å². The highest BCUT2D eigenvalue weighted by Crippen LogP contribution is 2.17. The molecule has 0 radical (unpaired) electrons. The van der Waals surface area contributed by atoms with E-state index in [0.717, 1.165) is 5.69 Å². The quantitative estimate of drug-likeness (QED) is 0.622. The molecule has 0 spiro atoms. The molecule has 0 unspecified atom stereocenters. The minimum Gasteiger partial charge on any atom is -0.384 e. The zero-order chi connectivity index (χ0) is 7.78. The molecule has 0 aromatic carbocycles. The van der Waals surface area contributed by atoms with Crippen molar-refractivity contribution in [2.45, 2.75) is 19.4 Å². The summed E-state index contributed by atoms with van der Waals surface area (Å²) in [4.78, 5) is 3.89. The van der Waals surface area contributed by atoms with Crippen molar-refractivity contribution in [3.8, 4) is 0 Å². The summed E-state index contributed by atoms with van der Waals surface area (Å²) >= 11 is 0. The van der Waals surface area contributed by atoms with Crippen LogP contribution in [0.1, 0.15) is 19.5 Å². The molecule has 0 atom stereocenters. The van der Waals surface area contributed by atoms with Gasteiger partial charge in [-0.2, -0.15) is 0 Å². The van der Waals surface area contributed by atoms with Gasteiger partial charge in [0.15, 0.2) is 0 Å². The fraction of sp³-hybridized carbons (Fsp3) is 0.571. The first-order valence-electron chi connectivity index (χ1n) is 3.21. The van der Waals surface area contributed by atoms with Crippen LogP contribution in [0.2, 0.25) is 0 Å². The second-order valence-electron chi connectivity index (χ2n) is 2.95. The number of rotatable bonds is 1. The van der Waals surface area contributed by atoms with Gasteiger partial charge in [-0.05, 0) is 13.8 Å². The van der Waals surface area contributed by atoms with Crippen LogP contribution in [-0.2, 0) is 12.6 Å². The number of hydrogen-bond acceptors (Lipinski definition) is 2. The molecule has 56 valence electrons. The molecule has 0 aliphatic carbocycles. The van der Waals surface area contributed by atoms with E-state index < -0.39 is 5.60 Å². The minimum atomic E-state index is -0.786. The summed E-state index contributed by atoms with van der Waals surface area (Å²) < 4.78 is 1.81. The predicted molar refractivity (Wildman–Crippen MR) is 38.5 cm³/mol. The van der Waals surface area contributed by atoms with Crippen LogP contribution in [0.3, 0.4) is 0 Å². The monoisotopic (exact) mass is 140 g/mol. The largest absolute Gasteiger partial charge is 0.384 e. The number of aromatic nitrogens is 2. The number of aryl methyl sites for hydroxylation is 1. The summed E-state index contributed by atoms with van der Waals surface area (Å²) in [7, 11) is 1.86. The zero-order valence-electron chi connectivity index (χ0n) is 6.50. The molecule has 0 saturated carbocycles. The van der Waals surface area contributed by atoms with E-state index in [-0.39, 0.29) is 0 Å². The minimum absolute atomic E-state index is 0.786. The predicted octanol–water partition coefficient (Wildman–Crippen LogP) is 0.647. The maximum Gasteiger partial charge on any atom is 0.100 e. The van der Waals surface area contributed by atoms with Crippen molar-refractivity contribution in [1.82, 2.24) is 9.55 Å². The molecule has 10 heavy (non-hydrogen) atoms. The molecule has 3 nitrogen and oxygen atoms in total. The van der Waals surface area contributed by atoms with Gasteiger partial charge in [-0.15, -0.1) is 0 Å². The van der Waals surface area contributed by atoms with Crippen LogP contribution < -0.4 is 0 Å². The Hall–Kier alpha value is -0.830. The molecule has 1 aromatic heterocycles. The maximum absolute atomic E-state index is 9.50. The fourth-order valence-electron chi connectivity index (χ4n) is 0.947.